The third-order valence-corrected chi connectivity index (χ3v) is 2.59. The molecule has 0 atom stereocenters. The van der Waals surface area contributed by atoms with Crippen LogP contribution in [0.3, 0.4) is 0 Å². The molecule has 1 aromatic rings. The highest BCUT2D eigenvalue weighted by Crippen LogP contribution is 2.14. The first-order chi connectivity index (χ1) is 5.83. The molecule has 0 fully saturated rings. The third kappa shape index (κ3) is 3.22. The Bertz CT molecular complexity index is 220. The molecule has 0 bridgehead atoms. The quantitative estimate of drug-likeness (QED) is 0.711. The summed E-state index contributed by atoms with van der Waals surface area (Å²) in [6.07, 6.45) is 3.82. The van der Waals surface area contributed by atoms with Gasteiger partial charge in [0, 0.05) is 11.9 Å². The van der Waals surface area contributed by atoms with E-state index in [1.165, 1.54) is 19.3 Å². The molecular formula is C9H16N2S. The van der Waals surface area contributed by atoms with Crippen LogP contribution in [-0.2, 0) is 0 Å². The second kappa shape index (κ2) is 5.14. The lowest BCUT2D eigenvalue weighted by Gasteiger charge is -1.99. The second-order valence-corrected chi connectivity index (χ2v) is 3.79. The molecule has 1 heterocycles. The lowest BCUT2D eigenvalue weighted by atomic mass is 10.2. The summed E-state index contributed by atoms with van der Waals surface area (Å²) in [5, 5.41) is 6.44. The lowest BCUT2D eigenvalue weighted by molar-refractivity contribution is 0.743. The number of aromatic nitrogens is 1. The van der Waals surface area contributed by atoms with Crippen LogP contribution in [-0.4, -0.2) is 11.5 Å². The molecule has 0 amide bonds. The zero-order chi connectivity index (χ0) is 8.81. The van der Waals surface area contributed by atoms with Crippen molar-refractivity contribution in [2.24, 2.45) is 0 Å². The molecule has 0 radical (unpaired) electrons. The molecule has 0 aliphatic heterocycles. The normalized spacial score (nSPS) is 10.2. The molecule has 1 N–H and O–H groups in total. The minimum absolute atomic E-state index is 1.06. The van der Waals surface area contributed by atoms with Crippen molar-refractivity contribution >= 4 is 16.5 Å². The van der Waals surface area contributed by atoms with Gasteiger partial charge in [-0.3, -0.25) is 0 Å². The standard InChI is InChI=1S/C9H16N2S/c1-3-4-5-6-10-9-11-8(2)7-12-9/h7H,3-6H2,1-2H3,(H,10,11). The number of hydrogen-bond acceptors (Lipinski definition) is 3. The van der Waals surface area contributed by atoms with E-state index in [0.717, 1.165) is 17.4 Å². The van der Waals surface area contributed by atoms with Gasteiger partial charge >= 0.3 is 0 Å². The summed E-state index contributed by atoms with van der Waals surface area (Å²) in [5.74, 6) is 0. The van der Waals surface area contributed by atoms with E-state index in [2.05, 4.69) is 22.6 Å². The van der Waals surface area contributed by atoms with Gasteiger partial charge in [0.25, 0.3) is 0 Å². The van der Waals surface area contributed by atoms with Gasteiger partial charge in [-0.25, -0.2) is 4.98 Å². The zero-order valence-electron chi connectivity index (χ0n) is 7.76. The Kier molecular flexibility index (Phi) is 4.08. The Hall–Kier alpha value is -0.570. The van der Waals surface area contributed by atoms with E-state index in [1.807, 2.05) is 6.92 Å². The summed E-state index contributed by atoms with van der Waals surface area (Å²) in [6, 6.07) is 0. The van der Waals surface area contributed by atoms with Crippen LogP contribution >= 0.6 is 11.3 Å². The van der Waals surface area contributed by atoms with Crippen LogP contribution < -0.4 is 5.32 Å². The SMILES string of the molecule is CCCCCNc1nc(C)cs1. The highest BCUT2D eigenvalue weighted by atomic mass is 32.1. The average Bonchev–Trinajstić information content (AvgIpc) is 2.45. The van der Waals surface area contributed by atoms with Crippen LogP contribution in [0.2, 0.25) is 0 Å². The maximum atomic E-state index is 4.32. The zero-order valence-corrected chi connectivity index (χ0v) is 8.58. The van der Waals surface area contributed by atoms with Crippen molar-refractivity contribution in [2.45, 2.75) is 33.1 Å². The van der Waals surface area contributed by atoms with Gasteiger partial charge in [0.15, 0.2) is 5.13 Å². The molecule has 68 valence electrons. The van der Waals surface area contributed by atoms with Gasteiger partial charge < -0.3 is 5.32 Å². The van der Waals surface area contributed by atoms with Crippen molar-refractivity contribution in [1.82, 2.24) is 4.98 Å². The molecule has 0 saturated heterocycles. The van der Waals surface area contributed by atoms with Crippen LogP contribution in [0.15, 0.2) is 5.38 Å². The molecule has 0 aliphatic carbocycles. The minimum Gasteiger partial charge on any atom is -0.362 e. The van der Waals surface area contributed by atoms with Gasteiger partial charge in [0.2, 0.25) is 0 Å². The van der Waals surface area contributed by atoms with Gasteiger partial charge in [-0.2, -0.15) is 0 Å². The Morgan fingerprint density at radius 3 is 2.92 bits per heavy atom. The average molecular weight is 184 g/mol. The fourth-order valence-electron chi connectivity index (χ4n) is 1.01. The predicted molar refractivity (Wildman–Crippen MR) is 54.9 cm³/mol. The molecule has 0 aromatic carbocycles. The van der Waals surface area contributed by atoms with Crippen molar-refractivity contribution in [2.75, 3.05) is 11.9 Å². The van der Waals surface area contributed by atoms with E-state index < -0.39 is 0 Å². The van der Waals surface area contributed by atoms with Crippen molar-refractivity contribution in [3.8, 4) is 0 Å². The monoisotopic (exact) mass is 184 g/mol. The Morgan fingerprint density at radius 1 is 1.50 bits per heavy atom. The van der Waals surface area contributed by atoms with Crippen molar-refractivity contribution in [3.63, 3.8) is 0 Å². The predicted octanol–water partition coefficient (Wildman–Crippen LogP) is 3.05. The van der Waals surface area contributed by atoms with Crippen molar-refractivity contribution in [3.05, 3.63) is 11.1 Å². The Balaban J connectivity index is 2.15. The lowest BCUT2D eigenvalue weighted by Crippen LogP contribution is -2.00. The van der Waals surface area contributed by atoms with Gasteiger partial charge in [0.05, 0.1) is 5.69 Å². The molecule has 12 heavy (non-hydrogen) atoms. The number of thiazole rings is 1. The van der Waals surface area contributed by atoms with Gasteiger partial charge in [-0.15, -0.1) is 11.3 Å². The number of anilines is 1. The van der Waals surface area contributed by atoms with Crippen LogP contribution in [0.5, 0.6) is 0 Å². The molecule has 3 heteroatoms. The van der Waals surface area contributed by atoms with Crippen molar-refractivity contribution in [1.29, 1.82) is 0 Å². The summed E-state index contributed by atoms with van der Waals surface area (Å²) in [7, 11) is 0. The Labute approximate surface area is 78.0 Å². The molecule has 2 nitrogen and oxygen atoms in total. The number of nitrogens with one attached hydrogen (secondary N) is 1. The second-order valence-electron chi connectivity index (χ2n) is 2.93. The number of rotatable bonds is 5. The minimum atomic E-state index is 1.06. The summed E-state index contributed by atoms with van der Waals surface area (Å²) < 4.78 is 0. The van der Waals surface area contributed by atoms with Crippen LogP contribution in [0.1, 0.15) is 31.9 Å². The maximum absolute atomic E-state index is 4.32. The van der Waals surface area contributed by atoms with Crippen molar-refractivity contribution < 1.29 is 0 Å². The molecule has 1 aromatic heterocycles. The first-order valence-electron chi connectivity index (χ1n) is 4.49. The summed E-state index contributed by atoms with van der Waals surface area (Å²) in [5.41, 5.74) is 1.11. The fourth-order valence-corrected chi connectivity index (χ4v) is 1.72. The van der Waals surface area contributed by atoms with E-state index in [1.54, 1.807) is 11.3 Å². The largest absolute Gasteiger partial charge is 0.362 e. The third-order valence-electron chi connectivity index (χ3n) is 1.68. The maximum Gasteiger partial charge on any atom is 0.182 e. The first-order valence-corrected chi connectivity index (χ1v) is 5.37. The molecule has 0 aliphatic rings. The van der Waals surface area contributed by atoms with E-state index in [-0.39, 0.29) is 0 Å². The molecule has 0 unspecified atom stereocenters. The van der Waals surface area contributed by atoms with E-state index in [0.29, 0.717) is 0 Å². The summed E-state index contributed by atoms with van der Waals surface area (Å²) >= 11 is 1.69. The molecule has 0 spiro atoms. The molecular weight excluding hydrogens is 168 g/mol. The van der Waals surface area contributed by atoms with Gasteiger partial charge in [-0.05, 0) is 13.3 Å². The fraction of sp³-hybridized carbons (Fsp3) is 0.667. The number of aryl methyl sites for hydroxylation is 1. The van der Waals surface area contributed by atoms with E-state index in [4.69, 9.17) is 0 Å². The van der Waals surface area contributed by atoms with Gasteiger partial charge in [0.1, 0.15) is 0 Å². The molecule has 1 rings (SSSR count). The summed E-state index contributed by atoms with van der Waals surface area (Å²) in [4.78, 5) is 4.32. The smallest absolute Gasteiger partial charge is 0.182 e. The number of hydrogen-bond donors (Lipinski definition) is 1. The first kappa shape index (κ1) is 9.52. The number of nitrogens with zero attached hydrogens (tertiary/aromatic N) is 1. The highest BCUT2D eigenvalue weighted by Gasteiger charge is 1.95. The van der Waals surface area contributed by atoms with Crippen LogP contribution in [0, 0.1) is 6.92 Å². The van der Waals surface area contributed by atoms with E-state index >= 15 is 0 Å². The summed E-state index contributed by atoms with van der Waals surface area (Å²) in [6.45, 7) is 5.29. The Morgan fingerprint density at radius 2 is 2.33 bits per heavy atom. The topological polar surface area (TPSA) is 24.9 Å². The van der Waals surface area contributed by atoms with E-state index in [9.17, 15) is 0 Å². The van der Waals surface area contributed by atoms with Gasteiger partial charge in [-0.1, -0.05) is 19.8 Å². The number of unbranched alkanes of at least 4 members (excludes halogenated alkanes) is 2. The van der Waals surface area contributed by atoms with Crippen LogP contribution in [0.25, 0.3) is 0 Å². The highest BCUT2D eigenvalue weighted by molar-refractivity contribution is 7.13. The molecule has 0 saturated carbocycles. The van der Waals surface area contributed by atoms with Crippen LogP contribution in [0.4, 0.5) is 5.13 Å².